The van der Waals surface area contributed by atoms with Gasteiger partial charge in [-0.3, -0.25) is 4.98 Å². The third-order valence-corrected chi connectivity index (χ3v) is 3.24. The molecule has 21 heavy (non-hydrogen) atoms. The van der Waals surface area contributed by atoms with Crippen molar-refractivity contribution in [2.24, 2.45) is 0 Å². The van der Waals surface area contributed by atoms with Crippen molar-refractivity contribution in [3.05, 3.63) is 71.9 Å². The SMILES string of the molecule is O=C(O)c1cccc(NCc2ccc3ccccc3n2)c1. The molecule has 3 rings (SSSR count). The van der Waals surface area contributed by atoms with Crippen molar-refractivity contribution in [2.75, 3.05) is 5.32 Å². The molecule has 0 saturated heterocycles. The van der Waals surface area contributed by atoms with E-state index in [1.165, 1.54) is 0 Å². The number of hydrogen-bond donors (Lipinski definition) is 2. The number of aromatic carboxylic acids is 1. The van der Waals surface area contributed by atoms with Crippen LogP contribution < -0.4 is 5.32 Å². The molecule has 0 radical (unpaired) electrons. The molecular weight excluding hydrogens is 264 g/mol. The number of carboxylic acid groups (broad SMARTS) is 1. The van der Waals surface area contributed by atoms with Crippen molar-refractivity contribution in [2.45, 2.75) is 6.54 Å². The van der Waals surface area contributed by atoms with E-state index in [2.05, 4.69) is 10.3 Å². The minimum atomic E-state index is -0.928. The van der Waals surface area contributed by atoms with Crippen molar-refractivity contribution in [1.82, 2.24) is 4.98 Å². The fourth-order valence-corrected chi connectivity index (χ4v) is 2.16. The Hall–Kier alpha value is -2.88. The third-order valence-electron chi connectivity index (χ3n) is 3.24. The van der Waals surface area contributed by atoms with Crippen LogP contribution >= 0.6 is 0 Å². The molecule has 0 fully saturated rings. The number of hydrogen-bond acceptors (Lipinski definition) is 3. The maximum Gasteiger partial charge on any atom is 0.335 e. The Kier molecular flexibility index (Phi) is 3.51. The first-order valence-corrected chi connectivity index (χ1v) is 6.64. The summed E-state index contributed by atoms with van der Waals surface area (Å²) in [6, 6.07) is 18.7. The number of fused-ring (bicyclic) bond motifs is 1. The first-order chi connectivity index (χ1) is 10.2. The van der Waals surface area contributed by atoms with Gasteiger partial charge in [0.1, 0.15) is 0 Å². The third kappa shape index (κ3) is 3.00. The van der Waals surface area contributed by atoms with Gasteiger partial charge in [0.15, 0.2) is 0 Å². The Balaban J connectivity index is 1.77. The summed E-state index contributed by atoms with van der Waals surface area (Å²) < 4.78 is 0. The van der Waals surface area contributed by atoms with Crippen LogP contribution in [0.15, 0.2) is 60.7 Å². The highest BCUT2D eigenvalue weighted by Crippen LogP contribution is 2.14. The van der Waals surface area contributed by atoms with Crippen LogP contribution in [0.25, 0.3) is 10.9 Å². The van der Waals surface area contributed by atoms with Gasteiger partial charge in [-0.05, 0) is 30.3 Å². The van der Waals surface area contributed by atoms with Gasteiger partial charge in [0.05, 0.1) is 23.3 Å². The molecule has 0 spiro atoms. The largest absolute Gasteiger partial charge is 0.478 e. The van der Waals surface area contributed by atoms with E-state index in [4.69, 9.17) is 5.11 Å². The normalized spacial score (nSPS) is 10.5. The second-order valence-electron chi connectivity index (χ2n) is 4.73. The summed E-state index contributed by atoms with van der Waals surface area (Å²) in [6.07, 6.45) is 0. The Morgan fingerprint density at radius 1 is 1.05 bits per heavy atom. The fraction of sp³-hybridized carbons (Fsp3) is 0.0588. The molecule has 3 aromatic rings. The van der Waals surface area contributed by atoms with E-state index in [0.717, 1.165) is 22.3 Å². The maximum absolute atomic E-state index is 10.9. The van der Waals surface area contributed by atoms with E-state index < -0.39 is 5.97 Å². The predicted molar refractivity (Wildman–Crippen MR) is 82.5 cm³/mol. The molecule has 4 heteroatoms. The zero-order chi connectivity index (χ0) is 14.7. The highest BCUT2D eigenvalue weighted by molar-refractivity contribution is 5.88. The fourth-order valence-electron chi connectivity index (χ4n) is 2.16. The molecule has 104 valence electrons. The van der Waals surface area contributed by atoms with Gasteiger partial charge in [-0.2, -0.15) is 0 Å². The molecule has 2 aromatic carbocycles. The molecule has 0 aliphatic rings. The average Bonchev–Trinajstić information content (AvgIpc) is 2.53. The van der Waals surface area contributed by atoms with Crippen LogP contribution in [0.5, 0.6) is 0 Å². The lowest BCUT2D eigenvalue weighted by Gasteiger charge is -2.07. The number of carboxylic acids is 1. The quantitative estimate of drug-likeness (QED) is 0.766. The molecule has 0 bridgehead atoms. The minimum Gasteiger partial charge on any atom is -0.478 e. The van der Waals surface area contributed by atoms with Crippen molar-refractivity contribution in [1.29, 1.82) is 0 Å². The Labute approximate surface area is 122 Å². The van der Waals surface area contributed by atoms with E-state index in [1.54, 1.807) is 18.2 Å². The van der Waals surface area contributed by atoms with Crippen LogP contribution in [0.1, 0.15) is 16.1 Å². The number of nitrogens with zero attached hydrogens (tertiary/aromatic N) is 1. The standard InChI is InChI=1S/C17H14N2O2/c20-17(21)13-5-3-6-14(10-13)18-11-15-9-8-12-4-1-2-7-16(12)19-15/h1-10,18H,11H2,(H,20,21). The predicted octanol–water partition coefficient (Wildman–Crippen LogP) is 3.55. The number of rotatable bonds is 4. The van der Waals surface area contributed by atoms with Crippen LogP contribution in [-0.2, 0) is 6.54 Å². The molecule has 4 nitrogen and oxygen atoms in total. The molecule has 1 aromatic heterocycles. The summed E-state index contributed by atoms with van der Waals surface area (Å²) >= 11 is 0. The second-order valence-corrected chi connectivity index (χ2v) is 4.73. The maximum atomic E-state index is 10.9. The van der Waals surface area contributed by atoms with E-state index in [-0.39, 0.29) is 5.56 Å². The Morgan fingerprint density at radius 3 is 2.76 bits per heavy atom. The first kappa shape index (κ1) is 13.1. The molecule has 0 amide bonds. The monoisotopic (exact) mass is 278 g/mol. The highest BCUT2D eigenvalue weighted by Gasteiger charge is 2.03. The van der Waals surface area contributed by atoms with Gasteiger partial charge in [-0.25, -0.2) is 4.79 Å². The summed E-state index contributed by atoms with van der Waals surface area (Å²) in [5, 5.41) is 13.3. The van der Waals surface area contributed by atoms with E-state index >= 15 is 0 Å². The zero-order valence-electron chi connectivity index (χ0n) is 11.3. The number of anilines is 1. The second kappa shape index (κ2) is 5.63. The minimum absolute atomic E-state index is 0.270. The lowest BCUT2D eigenvalue weighted by atomic mass is 10.2. The topological polar surface area (TPSA) is 62.2 Å². The Morgan fingerprint density at radius 2 is 1.90 bits per heavy atom. The van der Waals surface area contributed by atoms with Gasteiger partial charge >= 0.3 is 5.97 Å². The van der Waals surface area contributed by atoms with Crippen molar-refractivity contribution < 1.29 is 9.90 Å². The molecule has 0 unspecified atom stereocenters. The number of pyridine rings is 1. The van der Waals surface area contributed by atoms with Gasteiger partial charge in [0.25, 0.3) is 0 Å². The number of benzene rings is 2. The van der Waals surface area contributed by atoms with Gasteiger partial charge in [0, 0.05) is 11.1 Å². The van der Waals surface area contributed by atoms with Crippen LogP contribution in [0.3, 0.4) is 0 Å². The molecule has 0 saturated carbocycles. The van der Waals surface area contributed by atoms with Gasteiger partial charge in [-0.15, -0.1) is 0 Å². The summed E-state index contributed by atoms with van der Waals surface area (Å²) in [6.45, 7) is 0.550. The van der Waals surface area contributed by atoms with Crippen molar-refractivity contribution >= 4 is 22.6 Å². The lowest BCUT2D eigenvalue weighted by molar-refractivity contribution is 0.0697. The molecule has 2 N–H and O–H groups in total. The highest BCUT2D eigenvalue weighted by atomic mass is 16.4. The van der Waals surface area contributed by atoms with Crippen molar-refractivity contribution in [3.8, 4) is 0 Å². The van der Waals surface area contributed by atoms with Crippen LogP contribution in [0, 0.1) is 0 Å². The number of carbonyl (C=O) groups is 1. The summed E-state index contributed by atoms with van der Waals surface area (Å²) in [7, 11) is 0. The van der Waals surface area contributed by atoms with Gasteiger partial charge in [-0.1, -0.05) is 30.3 Å². The summed E-state index contributed by atoms with van der Waals surface area (Å²) in [5.41, 5.74) is 2.90. The number of aromatic nitrogens is 1. The lowest BCUT2D eigenvalue weighted by Crippen LogP contribution is -2.03. The van der Waals surface area contributed by atoms with E-state index in [0.29, 0.717) is 6.54 Å². The Bertz CT molecular complexity index is 799. The molecule has 0 atom stereocenters. The van der Waals surface area contributed by atoms with Crippen LogP contribution in [-0.4, -0.2) is 16.1 Å². The summed E-state index contributed by atoms with van der Waals surface area (Å²) in [4.78, 5) is 15.5. The van der Waals surface area contributed by atoms with E-state index in [9.17, 15) is 4.79 Å². The van der Waals surface area contributed by atoms with E-state index in [1.807, 2.05) is 42.5 Å². The average molecular weight is 278 g/mol. The van der Waals surface area contributed by atoms with Crippen molar-refractivity contribution in [3.63, 3.8) is 0 Å². The molecular formula is C17H14N2O2. The molecule has 0 aliphatic carbocycles. The number of para-hydroxylation sites is 1. The van der Waals surface area contributed by atoms with Crippen LogP contribution in [0.2, 0.25) is 0 Å². The number of nitrogens with one attached hydrogen (secondary N) is 1. The smallest absolute Gasteiger partial charge is 0.335 e. The van der Waals surface area contributed by atoms with Gasteiger partial charge < -0.3 is 10.4 Å². The summed E-state index contributed by atoms with van der Waals surface area (Å²) in [5.74, 6) is -0.928. The first-order valence-electron chi connectivity index (χ1n) is 6.64. The molecule has 0 aliphatic heterocycles. The molecule has 1 heterocycles. The zero-order valence-corrected chi connectivity index (χ0v) is 11.3. The van der Waals surface area contributed by atoms with Gasteiger partial charge in [0.2, 0.25) is 0 Å². The van der Waals surface area contributed by atoms with Crippen LogP contribution in [0.4, 0.5) is 5.69 Å².